The van der Waals surface area contributed by atoms with Crippen molar-refractivity contribution in [1.29, 1.82) is 5.26 Å². The number of benzene rings is 3. The Kier molecular flexibility index (Phi) is 7.36. The average molecular weight is 532 g/mol. The Hall–Kier alpha value is -3.12. The molecule has 1 N–H and O–H groups in total. The van der Waals surface area contributed by atoms with Crippen molar-refractivity contribution >= 4 is 55.3 Å². The van der Waals surface area contributed by atoms with E-state index < -0.39 is 16.0 Å². The van der Waals surface area contributed by atoms with Gasteiger partial charge < -0.3 is 9.50 Å². The second-order valence-electron chi connectivity index (χ2n) is 6.67. The monoisotopic (exact) mass is 530 g/mol. The van der Waals surface area contributed by atoms with E-state index in [1.54, 1.807) is 18.2 Å². The summed E-state index contributed by atoms with van der Waals surface area (Å²) in [6.07, 6.45) is 1.39. The van der Waals surface area contributed by atoms with E-state index in [1.807, 2.05) is 25.1 Å². The van der Waals surface area contributed by atoms with Crippen LogP contribution in [-0.4, -0.2) is 14.3 Å². The van der Waals surface area contributed by atoms with Crippen molar-refractivity contribution in [2.24, 2.45) is 0 Å². The highest BCUT2D eigenvalue weighted by Crippen LogP contribution is 2.30. The van der Waals surface area contributed by atoms with E-state index in [9.17, 15) is 18.5 Å². The number of carbonyl (C=O) groups is 1. The smallest absolute Gasteiger partial charge is 0.339 e. The van der Waals surface area contributed by atoms with Crippen LogP contribution in [0.4, 0.5) is 5.69 Å². The van der Waals surface area contributed by atoms with Crippen LogP contribution in [0, 0.1) is 18.3 Å². The minimum atomic E-state index is -4.06. The van der Waals surface area contributed by atoms with Crippen LogP contribution in [0.25, 0.3) is 6.08 Å². The molecule has 3 aromatic carbocycles. The fraction of sp³-hybridized carbons (Fsp3) is 0.0435. The van der Waals surface area contributed by atoms with Crippen molar-refractivity contribution in [3.63, 3.8) is 0 Å². The molecular formula is C23H16BrClN2O4S. The van der Waals surface area contributed by atoms with E-state index in [0.29, 0.717) is 20.7 Å². The number of anilines is 1. The summed E-state index contributed by atoms with van der Waals surface area (Å²) in [6, 6.07) is 19.1. The molecule has 0 unspecified atom stereocenters. The summed E-state index contributed by atoms with van der Waals surface area (Å²) >= 11 is 9.06. The van der Waals surface area contributed by atoms with Crippen LogP contribution >= 0.6 is 27.5 Å². The molecule has 0 bridgehead atoms. The molecule has 0 saturated heterocycles. The molecule has 3 aromatic rings. The topological polar surface area (TPSA) is 96.3 Å². The Bertz CT molecular complexity index is 1330. The maximum atomic E-state index is 12.5. The van der Waals surface area contributed by atoms with Gasteiger partial charge in [0.15, 0.2) is 5.75 Å². The van der Waals surface area contributed by atoms with E-state index in [2.05, 4.69) is 21.2 Å². The van der Waals surface area contributed by atoms with E-state index in [4.69, 9.17) is 15.8 Å². The van der Waals surface area contributed by atoms with Crippen molar-refractivity contribution in [2.45, 2.75) is 11.8 Å². The number of nitrogens with zero attached hydrogens (tertiary/aromatic N) is 1. The SMILES string of the molecule is Cc1ccc(NC(=O)/C(C#N)=C/c2ccc(OS(=O)(=O)c3ccc(Cl)cc3)c(Br)c2)cc1. The molecule has 0 aliphatic carbocycles. The summed E-state index contributed by atoms with van der Waals surface area (Å²) < 4.78 is 30.5. The van der Waals surface area contributed by atoms with Gasteiger partial charge in [0.2, 0.25) is 0 Å². The normalized spacial score (nSPS) is 11.5. The van der Waals surface area contributed by atoms with Gasteiger partial charge in [0.05, 0.1) is 4.47 Å². The van der Waals surface area contributed by atoms with Gasteiger partial charge in [0.25, 0.3) is 5.91 Å². The lowest BCUT2D eigenvalue weighted by Crippen LogP contribution is -2.13. The first-order valence-corrected chi connectivity index (χ1v) is 11.8. The lowest BCUT2D eigenvalue weighted by Gasteiger charge is -2.09. The average Bonchev–Trinajstić information content (AvgIpc) is 2.75. The molecule has 0 aromatic heterocycles. The van der Waals surface area contributed by atoms with Gasteiger partial charge in [-0.1, -0.05) is 35.4 Å². The van der Waals surface area contributed by atoms with Crippen LogP contribution in [0.3, 0.4) is 0 Å². The number of nitrogens with one attached hydrogen (secondary N) is 1. The zero-order valence-electron chi connectivity index (χ0n) is 16.7. The van der Waals surface area contributed by atoms with Crippen LogP contribution in [-0.2, 0) is 14.9 Å². The first-order chi connectivity index (χ1) is 15.2. The zero-order valence-corrected chi connectivity index (χ0v) is 19.8. The summed E-state index contributed by atoms with van der Waals surface area (Å²) in [6.45, 7) is 1.93. The summed E-state index contributed by atoms with van der Waals surface area (Å²) in [5, 5.41) is 12.5. The van der Waals surface area contributed by atoms with E-state index in [1.165, 1.54) is 42.5 Å². The lowest BCUT2D eigenvalue weighted by molar-refractivity contribution is -0.112. The second-order valence-corrected chi connectivity index (χ2v) is 9.51. The van der Waals surface area contributed by atoms with Crippen LogP contribution in [0.2, 0.25) is 5.02 Å². The summed E-state index contributed by atoms with van der Waals surface area (Å²) in [5.74, 6) is -0.502. The Balaban J connectivity index is 1.79. The summed E-state index contributed by atoms with van der Waals surface area (Å²) in [4.78, 5) is 12.4. The molecule has 0 radical (unpaired) electrons. The first-order valence-electron chi connectivity index (χ1n) is 9.17. The molecular weight excluding hydrogens is 516 g/mol. The molecule has 0 saturated carbocycles. The Morgan fingerprint density at radius 1 is 1.09 bits per heavy atom. The van der Waals surface area contributed by atoms with Gasteiger partial charge in [-0.3, -0.25) is 4.79 Å². The molecule has 3 rings (SSSR count). The van der Waals surface area contributed by atoms with Gasteiger partial charge in [-0.05, 0) is 83.0 Å². The van der Waals surface area contributed by atoms with E-state index in [-0.39, 0.29) is 16.2 Å². The van der Waals surface area contributed by atoms with Crippen LogP contribution in [0.1, 0.15) is 11.1 Å². The third-order valence-electron chi connectivity index (χ3n) is 4.24. The number of hydrogen-bond donors (Lipinski definition) is 1. The highest BCUT2D eigenvalue weighted by molar-refractivity contribution is 9.10. The lowest BCUT2D eigenvalue weighted by atomic mass is 10.1. The molecule has 6 nitrogen and oxygen atoms in total. The number of amides is 1. The van der Waals surface area contributed by atoms with Gasteiger partial charge in [-0.25, -0.2) is 0 Å². The highest BCUT2D eigenvalue weighted by atomic mass is 79.9. The van der Waals surface area contributed by atoms with Crippen molar-refractivity contribution < 1.29 is 17.4 Å². The zero-order chi connectivity index (χ0) is 23.3. The second kappa shape index (κ2) is 10.0. The molecule has 0 aliphatic heterocycles. The number of nitriles is 1. The van der Waals surface area contributed by atoms with Gasteiger partial charge in [-0.15, -0.1) is 0 Å². The van der Waals surface area contributed by atoms with Crippen LogP contribution in [0.5, 0.6) is 5.75 Å². The Labute approximate surface area is 199 Å². The third-order valence-corrected chi connectivity index (χ3v) is 6.36. The third kappa shape index (κ3) is 5.98. The van der Waals surface area contributed by atoms with Crippen molar-refractivity contribution in [3.8, 4) is 11.8 Å². The quantitative estimate of drug-likeness (QED) is 0.249. The van der Waals surface area contributed by atoms with E-state index >= 15 is 0 Å². The largest absolute Gasteiger partial charge is 0.378 e. The molecule has 0 atom stereocenters. The fourth-order valence-electron chi connectivity index (χ4n) is 2.59. The number of rotatable bonds is 6. The van der Waals surface area contributed by atoms with Gasteiger partial charge >= 0.3 is 10.1 Å². The number of hydrogen-bond acceptors (Lipinski definition) is 5. The van der Waals surface area contributed by atoms with Gasteiger partial charge in [0, 0.05) is 10.7 Å². The van der Waals surface area contributed by atoms with Crippen LogP contribution < -0.4 is 9.50 Å². The molecule has 9 heteroatoms. The van der Waals surface area contributed by atoms with Gasteiger partial charge in [-0.2, -0.15) is 13.7 Å². The number of halogens is 2. The van der Waals surface area contributed by atoms with Crippen LogP contribution in [0.15, 0.2) is 81.7 Å². The highest BCUT2D eigenvalue weighted by Gasteiger charge is 2.18. The fourth-order valence-corrected chi connectivity index (χ4v) is 4.25. The molecule has 1 amide bonds. The molecule has 0 aliphatic rings. The number of aryl methyl sites for hydroxylation is 1. The summed E-state index contributed by atoms with van der Waals surface area (Å²) in [5.41, 5.74) is 2.01. The molecule has 0 spiro atoms. The predicted octanol–water partition coefficient (Wildman–Crippen LogP) is 5.72. The maximum absolute atomic E-state index is 12.5. The minimum absolute atomic E-state index is 0.0442. The van der Waals surface area contributed by atoms with E-state index in [0.717, 1.165) is 5.56 Å². The standard InChI is InChI=1S/C23H16BrClN2O4S/c1-15-2-7-19(8-3-15)27-23(28)17(14-26)12-16-4-11-22(21(24)13-16)31-32(29,30)20-9-5-18(25)6-10-20/h2-13H,1H3,(H,27,28)/b17-12+. The summed E-state index contributed by atoms with van der Waals surface area (Å²) in [7, 11) is -4.06. The molecule has 0 fully saturated rings. The molecule has 0 heterocycles. The first kappa shape index (κ1) is 23.5. The Morgan fingerprint density at radius 3 is 2.34 bits per heavy atom. The molecule has 32 heavy (non-hydrogen) atoms. The van der Waals surface area contributed by atoms with Crippen molar-refractivity contribution in [1.82, 2.24) is 0 Å². The van der Waals surface area contributed by atoms with Crippen molar-refractivity contribution in [3.05, 3.63) is 92.9 Å². The minimum Gasteiger partial charge on any atom is -0.378 e. The predicted molar refractivity (Wildman–Crippen MR) is 127 cm³/mol. The maximum Gasteiger partial charge on any atom is 0.339 e. The Morgan fingerprint density at radius 2 is 1.75 bits per heavy atom. The number of carbonyl (C=O) groups excluding carboxylic acids is 1. The molecule has 162 valence electrons. The van der Waals surface area contributed by atoms with Crippen molar-refractivity contribution in [2.75, 3.05) is 5.32 Å². The van der Waals surface area contributed by atoms with Gasteiger partial charge in [0.1, 0.15) is 16.5 Å².